The van der Waals surface area contributed by atoms with E-state index in [4.69, 9.17) is 14.5 Å². The van der Waals surface area contributed by atoms with E-state index in [2.05, 4.69) is 15.6 Å². The zero-order valence-corrected chi connectivity index (χ0v) is 23.0. The molecule has 0 saturated carbocycles. The molecule has 3 aliphatic heterocycles. The van der Waals surface area contributed by atoms with Crippen LogP contribution < -0.4 is 20.1 Å². The second-order valence-electron chi connectivity index (χ2n) is 9.59. The average Bonchev–Trinajstić information content (AvgIpc) is 3.59. The summed E-state index contributed by atoms with van der Waals surface area (Å²) < 4.78 is 10.8. The zero-order valence-electron chi connectivity index (χ0n) is 22.2. The number of fused-ring (bicyclic) bond motifs is 4. The van der Waals surface area contributed by atoms with Crippen LogP contribution >= 0.6 is 11.8 Å². The fourth-order valence-corrected chi connectivity index (χ4v) is 5.72. The van der Waals surface area contributed by atoms with Crippen molar-refractivity contribution in [1.29, 1.82) is 0 Å². The summed E-state index contributed by atoms with van der Waals surface area (Å²) >= 11 is 1.20. The van der Waals surface area contributed by atoms with Crippen LogP contribution in [0, 0.1) is 0 Å². The van der Waals surface area contributed by atoms with Gasteiger partial charge in [0.1, 0.15) is 11.9 Å². The van der Waals surface area contributed by atoms with E-state index in [9.17, 15) is 14.4 Å². The highest BCUT2D eigenvalue weighted by atomic mass is 32.2. The molecule has 3 amide bonds. The van der Waals surface area contributed by atoms with Crippen molar-refractivity contribution in [3.63, 3.8) is 0 Å². The van der Waals surface area contributed by atoms with Gasteiger partial charge in [-0.05, 0) is 36.2 Å². The summed E-state index contributed by atoms with van der Waals surface area (Å²) in [6.07, 6.45) is 0.398. The summed E-state index contributed by atoms with van der Waals surface area (Å²) in [5.41, 5.74) is 2.90. The predicted molar refractivity (Wildman–Crippen MR) is 156 cm³/mol. The predicted octanol–water partition coefficient (Wildman–Crippen LogP) is 4.23. The van der Waals surface area contributed by atoms with Crippen molar-refractivity contribution < 1.29 is 23.9 Å². The zero-order chi connectivity index (χ0) is 28.3. The molecule has 2 atom stereocenters. The van der Waals surface area contributed by atoms with Gasteiger partial charge in [-0.1, -0.05) is 61.2 Å². The number of para-hydroxylation sites is 1. The first-order valence-electron chi connectivity index (χ1n) is 13.3. The molecule has 0 fully saturated rings. The van der Waals surface area contributed by atoms with E-state index in [1.165, 1.54) is 16.7 Å². The number of carbonyl (C=O) groups excluding carboxylic acids is 3. The lowest BCUT2D eigenvalue weighted by atomic mass is 10.1. The molecule has 0 spiro atoms. The molecular formula is C30H27N5O5S. The second-order valence-corrected chi connectivity index (χ2v) is 10.8. The van der Waals surface area contributed by atoms with Crippen molar-refractivity contribution in [2.75, 3.05) is 12.1 Å². The van der Waals surface area contributed by atoms with Gasteiger partial charge in [0.15, 0.2) is 16.7 Å². The number of carbonyl (C=O) groups is 3. The Balaban J connectivity index is 1.18. The molecule has 3 aliphatic rings. The molecule has 41 heavy (non-hydrogen) atoms. The molecule has 0 unspecified atom stereocenters. The molecule has 6 rings (SSSR count). The monoisotopic (exact) mass is 569 g/mol. The van der Waals surface area contributed by atoms with Crippen molar-refractivity contribution in [2.24, 2.45) is 9.98 Å². The molecule has 3 aromatic rings. The van der Waals surface area contributed by atoms with Gasteiger partial charge in [0, 0.05) is 23.9 Å². The van der Waals surface area contributed by atoms with Gasteiger partial charge in [0.25, 0.3) is 5.91 Å². The van der Waals surface area contributed by atoms with E-state index >= 15 is 0 Å². The van der Waals surface area contributed by atoms with E-state index < -0.39 is 11.3 Å². The second kappa shape index (κ2) is 11.5. The van der Waals surface area contributed by atoms with E-state index in [0.717, 1.165) is 5.56 Å². The third-order valence-electron chi connectivity index (χ3n) is 6.81. The van der Waals surface area contributed by atoms with Gasteiger partial charge in [-0.2, -0.15) is 0 Å². The molecule has 3 heterocycles. The molecule has 3 aromatic carbocycles. The summed E-state index contributed by atoms with van der Waals surface area (Å²) in [4.78, 5) is 50.5. The summed E-state index contributed by atoms with van der Waals surface area (Å²) in [6.45, 7) is 2.41. The summed E-state index contributed by atoms with van der Waals surface area (Å²) in [7, 11) is 0. The SMILES string of the molecule is CC[C@@H](SC1=Nc2ccccc2C2=N[C@H](CC(=O)NCc3ccccc3)C(=O)N12)C(=O)Nc1ccc2c(c1)OCO2. The Bertz CT molecular complexity index is 1570. The van der Waals surface area contributed by atoms with Gasteiger partial charge in [-0.15, -0.1) is 0 Å². The van der Waals surface area contributed by atoms with Gasteiger partial charge < -0.3 is 20.1 Å². The number of amidine groups is 2. The Hall–Kier alpha value is -4.64. The van der Waals surface area contributed by atoms with Crippen LogP contribution in [0.15, 0.2) is 82.8 Å². The number of hydrogen-bond donors (Lipinski definition) is 2. The Morgan fingerprint density at radius 3 is 2.66 bits per heavy atom. The first kappa shape index (κ1) is 26.6. The van der Waals surface area contributed by atoms with Crippen LogP contribution in [0.2, 0.25) is 0 Å². The lowest BCUT2D eigenvalue weighted by Gasteiger charge is -2.27. The molecule has 0 bridgehead atoms. The molecule has 0 aromatic heterocycles. The number of nitrogens with one attached hydrogen (secondary N) is 2. The van der Waals surface area contributed by atoms with Crippen molar-refractivity contribution in [2.45, 2.75) is 37.6 Å². The van der Waals surface area contributed by atoms with Crippen LogP contribution in [0.3, 0.4) is 0 Å². The van der Waals surface area contributed by atoms with Gasteiger partial charge in [0.2, 0.25) is 18.6 Å². The highest BCUT2D eigenvalue weighted by Crippen LogP contribution is 2.37. The highest BCUT2D eigenvalue weighted by molar-refractivity contribution is 8.15. The maximum atomic E-state index is 13.6. The molecule has 2 N–H and O–H groups in total. The standard InChI is InChI=1S/C30H27N5O5S/c1-2-25(28(37)32-19-12-13-23-24(14-19)40-17-39-23)41-30-34-21-11-7-6-10-20(21)27-33-22(29(38)35(27)30)15-26(36)31-16-18-8-4-3-5-9-18/h3-14,22,25H,2,15-17H2,1H3,(H,31,36)(H,32,37)/t22-,25-/m1/s1. The van der Waals surface area contributed by atoms with E-state index in [1.807, 2.05) is 61.5 Å². The molecule has 10 nitrogen and oxygen atoms in total. The fourth-order valence-electron chi connectivity index (χ4n) is 4.70. The number of anilines is 1. The van der Waals surface area contributed by atoms with E-state index in [-0.39, 0.29) is 30.9 Å². The Morgan fingerprint density at radius 2 is 1.83 bits per heavy atom. The largest absolute Gasteiger partial charge is 0.454 e. The quantitative estimate of drug-likeness (QED) is 0.419. The lowest BCUT2D eigenvalue weighted by molar-refractivity contribution is -0.128. The molecule has 208 valence electrons. The Kier molecular flexibility index (Phi) is 7.43. The van der Waals surface area contributed by atoms with Gasteiger partial charge in [0.05, 0.1) is 17.4 Å². The lowest BCUT2D eigenvalue weighted by Crippen LogP contribution is -2.43. The minimum absolute atomic E-state index is 0.0897. The summed E-state index contributed by atoms with van der Waals surface area (Å²) in [5.74, 6) is 0.781. The van der Waals surface area contributed by atoms with Crippen molar-refractivity contribution in [3.8, 4) is 11.5 Å². The highest BCUT2D eigenvalue weighted by Gasteiger charge is 2.43. The maximum Gasteiger partial charge on any atom is 0.259 e. The number of ether oxygens (including phenoxy) is 2. The van der Waals surface area contributed by atoms with Crippen molar-refractivity contribution >= 4 is 51.9 Å². The van der Waals surface area contributed by atoms with Crippen LogP contribution in [-0.4, -0.2) is 51.7 Å². The minimum Gasteiger partial charge on any atom is -0.454 e. The molecule has 0 radical (unpaired) electrons. The molecule has 0 saturated heterocycles. The number of thioether (sulfide) groups is 1. The van der Waals surface area contributed by atoms with Crippen molar-refractivity contribution in [1.82, 2.24) is 10.2 Å². The molecule has 0 aliphatic carbocycles. The van der Waals surface area contributed by atoms with E-state index in [1.54, 1.807) is 18.2 Å². The molecule has 11 heteroatoms. The minimum atomic E-state index is -0.889. The number of nitrogens with zero attached hydrogens (tertiary/aromatic N) is 3. The first-order valence-corrected chi connectivity index (χ1v) is 14.2. The van der Waals surface area contributed by atoms with Gasteiger partial charge >= 0.3 is 0 Å². The van der Waals surface area contributed by atoms with Crippen LogP contribution in [0.5, 0.6) is 11.5 Å². The summed E-state index contributed by atoms with van der Waals surface area (Å²) in [5, 5.41) is 5.60. The van der Waals surface area contributed by atoms with Crippen LogP contribution in [0.4, 0.5) is 11.4 Å². The van der Waals surface area contributed by atoms with Crippen LogP contribution in [-0.2, 0) is 20.9 Å². The fraction of sp³-hybridized carbons (Fsp3) is 0.233. The first-order chi connectivity index (χ1) is 20.0. The normalized spacial score (nSPS) is 17.2. The Labute approximate surface area is 240 Å². The number of benzene rings is 3. The van der Waals surface area contributed by atoms with E-state index in [0.29, 0.717) is 52.4 Å². The van der Waals surface area contributed by atoms with Crippen molar-refractivity contribution in [3.05, 3.63) is 83.9 Å². The number of amides is 3. The van der Waals surface area contributed by atoms with Crippen LogP contribution in [0.25, 0.3) is 0 Å². The third kappa shape index (κ3) is 5.53. The Morgan fingerprint density at radius 1 is 1.05 bits per heavy atom. The number of aliphatic imine (C=N–C) groups is 2. The van der Waals surface area contributed by atoms with Crippen LogP contribution in [0.1, 0.15) is 30.9 Å². The van der Waals surface area contributed by atoms with Gasteiger partial charge in [-0.25, -0.2) is 9.89 Å². The molecular weight excluding hydrogens is 542 g/mol. The van der Waals surface area contributed by atoms with Gasteiger partial charge in [-0.3, -0.25) is 19.4 Å². The average molecular weight is 570 g/mol. The number of rotatable bonds is 8. The smallest absolute Gasteiger partial charge is 0.259 e. The summed E-state index contributed by atoms with van der Waals surface area (Å²) in [6, 6.07) is 21.3. The maximum absolute atomic E-state index is 13.6. The third-order valence-corrected chi connectivity index (χ3v) is 8.13. The topological polar surface area (TPSA) is 122 Å². The number of hydrogen-bond acceptors (Lipinski definition) is 8.